The van der Waals surface area contributed by atoms with E-state index in [1.165, 1.54) is 82.7 Å². The minimum Gasteiger partial charge on any atom is -0.265 e. The van der Waals surface area contributed by atoms with Gasteiger partial charge in [0.15, 0.2) is 0 Å². The Labute approximate surface area is 327 Å². The third kappa shape index (κ3) is 6.24. The maximum absolute atomic E-state index is 4.28. The Morgan fingerprint density at radius 1 is 0.196 bits per heavy atom. The minimum atomic E-state index is 1.15. The first kappa shape index (κ1) is 33.2. The zero-order valence-corrected chi connectivity index (χ0v) is 30.7. The molecule has 0 atom stereocenters. The van der Waals surface area contributed by atoms with Gasteiger partial charge in [0.2, 0.25) is 0 Å². The zero-order valence-electron chi connectivity index (χ0n) is 30.7. The summed E-state index contributed by atoms with van der Waals surface area (Å²) in [4.78, 5) is 8.56. The quantitative estimate of drug-likeness (QED) is 0.154. The van der Waals surface area contributed by atoms with Crippen molar-refractivity contribution in [2.24, 2.45) is 0 Å². The lowest BCUT2D eigenvalue weighted by Gasteiger charge is -2.20. The van der Waals surface area contributed by atoms with Crippen LogP contribution >= 0.6 is 0 Å². The smallest absolute Gasteiger partial charge is 0.0273 e. The summed E-state index contributed by atoms with van der Waals surface area (Å²) in [5.74, 6) is 0. The number of rotatable bonds is 7. The summed E-state index contributed by atoms with van der Waals surface area (Å²) >= 11 is 0. The molecule has 2 nitrogen and oxygen atoms in total. The second-order valence-electron chi connectivity index (χ2n) is 14.2. The topological polar surface area (TPSA) is 25.8 Å². The Morgan fingerprint density at radius 2 is 0.536 bits per heavy atom. The molecule has 2 heteroatoms. The van der Waals surface area contributed by atoms with Crippen molar-refractivity contribution in [2.45, 2.75) is 0 Å². The van der Waals surface area contributed by atoms with Gasteiger partial charge in [0, 0.05) is 24.8 Å². The Hall–Kier alpha value is -7.42. The normalized spacial score (nSPS) is 11.2. The lowest BCUT2D eigenvalue weighted by molar-refractivity contribution is 1.33. The number of aromatic nitrogens is 2. The van der Waals surface area contributed by atoms with E-state index >= 15 is 0 Å². The van der Waals surface area contributed by atoms with Gasteiger partial charge in [-0.15, -0.1) is 0 Å². The van der Waals surface area contributed by atoms with E-state index in [0.717, 1.165) is 16.7 Å². The number of nitrogens with zero attached hydrogens (tertiary/aromatic N) is 2. The molecule has 262 valence electrons. The van der Waals surface area contributed by atoms with E-state index in [4.69, 9.17) is 0 Å². The Kier molecular flexibility index (Phi) is 8.55. The van der Waals surface area contributed by atoms with Gasteiger partial charge >= 0.3 is 0 Å². The summed E-state index contributed by atoms with van der Waals surface area (Å²) in [5, 5.41) is 4.87. The van der Waals surface area contributed by atoms with Crippen molar-refractivity contribution in [3.05, 3.63) is 219 Å². The van der Waals surface area contributed by atoms with Crippen LogP contribution in [0.3, 0.4) is 0 Å². The van der Waals surface area contributed by atoms with Crippen molar-refractivity contribution >= 4 is 21.5 Å². The van der Waals surface area contributed by atoms with E-state index in [1.807, 2.05) is 24.8 Å². The van der Waals surface area contributed by atoms with E-state index in [9.17, 15) is 0 Å². The molecule has 0 saturated carbocycles. The zero-order chi connectivity index (χ0) is 37.3. The second-order valence-corrected chi connectivity index (χ2v) is 14.2. The molecule has 8 aromatic carbocycles. The molecular weight excluding hydrogens is 677 g/mol. The SMILES string of the molecule is c1ccc(-c2cc(-c3ccccc3)cc(-c3ccc4c(-c5cccc(-c6ccncc6)c5)c5ccccc5c(-c5cccc(-c6ccncc6)c5)c4c3)c2)cc1. The van der Waals surface area contributed by atoms with E-state index in [-0.39, 0.29) is 0 Å². The monoisotopic (exact) mass is 712 g/mol. The Balaban J connectivity index is 1.26. The molecule has 0 unspecified atom stereocenters. The van der Waals surface area contributed by atoms with Gasteiger partial charge in [-0.3, -0.25) is 9.97 Å². The third-order valence-electron chi connectivity index (χ3n) is 10.8. The summed E-state index contributed by atoms with van der Waals surface area (Å²) < 4.78 is 0. The summed E-state index contributed by atoms with van der Waals surface area (Å²) in [6, 6.07) is 70.6. The molecule has 0 aliphatic rings. The van der Waals surface area contributed by atoms with E-state index in [1.54, 1.807) is 0 Å². The molecule has 0 saturated heterocycles. The molecule has 2 aromatic heterocycles. The largest absolute Gasteiger partial charge is 0.265 e. The molecule has 0 bridgehead atoms. The van der Waals surface area contributed by atoms with E-state index in [0.29, 0.717) is 0 Å². The number of hydrogen-bond acceptors (Lipinski definition) is 2. The van der Waals surface area contributed by atoms with Crippen molar-refractivity contribution in [1.29, 1.82) is 0 Å². The van der Waals surface area contributed by atoms with Crippen LogP contribution in [0.25, 0.3) is 99.4 Å². The summed E-state index contributed by atoms with van der Waals surface area (Å²) in [6.07, 6.45) is 7.45. The van der Waals surface area contributed by atoms with Crippen LogP contribution in [0.15, 0.2) is 219 Å². The Bertz CT molecular complexity index is 2930. The van der Waals surface area contributed by atoms with Gasteiger partial charge < -0.3 is 0 Å². The second kappa shape index (κ2) is 14.4. The Morgan fingerprint density at radius 3 is 1.04 bits per heavy atom. The van der Waals surface area contributed by atoms with Crippen LogP contribution in [-0.4, -0.2) is 9.97 Å². The molecule has 0 aliphatic heterocycles. The minimum absolute atomic E-state index is 1.15. The predicted octanol–water partition coefficient (Wildman–Crippen LogP) is 14.5. The van der Waals surface area contributed by atoms with Crippen LogP contribution in [0.4, 0.5) is 0 Å². The average molecular weight is 713 g/mol. The molecule has 0 radical (unpaired) electrons. The van der Waals surface area contributed by atoms with Crippen LogP contribution < -0.4 is 0 Å². The van der Waals surface area contributed by atoms with Crippen LogP contribution in [-0.2, 0) is 0 Å². The molecule has 0 spiro atoms. The van der Waals surface area contributed by atoms with Gasteiger partial charge in [0.1, 0.15) is 0 Å². The third-order valence-corrected chi connectivity index (χ3v) is 10.8. The van der Waals surface area contributed by atoms with E-state index in [2.05, 4.69) is 204 Å². The van der Waals surface area contributed by atoms with Gasteiger partial charge in [0.05, 0.1) is 0 Å². The fourth-order valence-corrected chi connectivity index (χ4v) is 8.17. The highest BCUT2D eigenvalue weighted by molar-refractivity contribution is 6.22. The van der Waals surface area contributed by atoms with Crippen LogP contribution in [0.5, 0.6) is 0 Å². The molecule has 10 aromatic rings. The summed E-state index contributed by atoms with van der Waals surface area (Å²) in [5.41, 5.74) is 16.6. The molecule has 0 N–H and O–H groups in total. The highest BCUT2D eigenvalue weighted by atomic mass is 14.6. The lowest BCUT2D eigenvalue weighted by Crippen LogP contribution is -1.93. The summed E-state index contributed by atoms with van der Waals surface area (Å²) in [7, 11) is 0. The summed E-state index contributed by atoms with van der Waals surface area (Å²) in [6.45, 7) is 0. The van der Waals surface area contributed by atoms with Gasteiger partial charge in [-0.25, -0.2) is 0 Å². The van der Waals surface area contributed by atoms with Gasteiger partial charge in [-0.1, -0.05) is 133 Å². The van der Waals surface area contributed by atoms with Gasteiger partial charge in [-0.2, -0.15) is 0 Å². The molecule has 56 heavy (non-hydrogen) atoms. The molecule has 0 aliphatic carbocycles. The molecule has 10 rings (SSSR count). The van der Waals surface area contributed by atoms with Gasteiger partial charge in [0.25, 0.3) is 0 Å². The fourth-order valence-electron chi connectivity index (χ4n) is 8.17. The lowest BCUT2D eigenvalue weighted by atomic mass is 9.83. The predicted molar refractivity (Wildman–Crippen MR) is 235 cm³/mol. The highest BCUT2D eigenvalue weighted by Gasteiger charge is 2.19. The van der Waals surface area contributed by atoms with Crippen molar-refractivity contribution < 1.29 is 0 Å². The molecule has 0 amide bonds. The number of fused-ring (bicyclic) bond motifs is 2. The maximum atomic E-state index is 4.28. The van der Waals surface area contributed by atoms with Crippen molar-refractivity contribution in [3.8, 4) is 77.9 Å². The average Bonchev–Trinajstić information content (AvgIpc) is 3.29. The first-order valence-corrected chi connectivity index (χ1v) is 19.0. The fraction of sp³-hybridized carbons (Fsp3) is 0. The first-order valence-electron chi connectivity index (χ1n) is 19.0. The van der Waals surface area contributed by atoms with Crippen LogP contribution in [0.1, 0.15) is 0 Å². The van der Waals surface area contributed by atoms with Crippen LogP contribution in [0.2, 0.25) is 0 Å². The first-order chi connectivity index (χ1) is 27.8. The van der Waals surface area contributed by atoms with E-state index < -0.39 is 0 Å². The van der Waals surface area contributed by atoms with Crippen molar-refractivity contribution in [1.82, 2.24) is 9.97 Å². The van der Waals surface area contributed by atoms with Gasteiger partial charge in [-0.05, 0) is 160 Å². The number of benzene rings is 8. The van der Waals surface area contributed by atoms with Crippen molar-refractivity contribution in [3.63, 3.8) is 0 Å². The molecular formula is C54H36N2. The molecule has 2 heterocycles. The number of hydrogen-bond donors (Lipinski definition) is 0. The molecule has 0 fully saturated rings. The standard InChI is InChI=1S/C54H36N2/c1-3-11-37(12-4-1)46-33-47(38-13-5-2-6-14-38)35-48(34-46)43-21-22-51-52(36-43)54(45-18-10-16-42(32-45)40-25-29-56-30-26-40)50-20-8-7-19-49(50)53(51)44-17-9-15-41(31-44)39-23-27-55-28-24-39/h1-36H. The van der Waals surface area contributed by atoms with Crippen molar-refractivity contribution in [2.75, 3.05) is 0 Å². The highest BCUT2D eigenvalue weighted by Crippen LogP contribution is 2.46. The number of pyridine rings is 2. The maximum Gasteiger partial charge on any atom is 0.0273 e. The van der Waals surface area contributed by atoms with Crippen LogP contribution in [0, 0.1) is 0 Å².